The van der Waals surface area contributed by atoms with E-state index < -0.39 is 15.8 Å². The zero-order valence-electron chi connectivity index (χ0n) is 9.99. The predicted octanol–water partition coefficient (Wildman–Crippen LogP) is 2.42. The molecule has 0 heterocycles. The van der Waals surface area contributed by atoms with Gasteiger partial charge in [-0.25, -0.2) is 0 Å². The number of aliphatic hydroxyl groups is 1. The number of rotatable bonds is 4. The van der Waals surface area contributed by atoms with Crippen molar-refractivity contribution >= 4 is 29.1 Å². The SMILES string of the molecule is CC1(C(=O)N[C@H](CO)c2ccccc2)CC1(Cl)Cl. The van der Waals surface area contributed by atoms with Crippen molar-refractivity contribution in [3.05, 3.63) is 35.9 Å². The first-order valence-corrected chi connectivity index (χ1v) is 6.51. The molecule has 2 atom stereocenters. The van der Waals surface area contributed by atoms with Crippen LogP contribution in [0.4, 0.5) is 0 Å². The van der Waals surface area contributed by atoms with Gasteiger partial charge in [0.1, 0.15) is 4.33 Å². The molecule has 2 rings (SSSR count). The molecule has 1 amide bonds. The van der Waals surface area contributed by atoms with Crippen LogP contribution in [0.25, 0.3) is 0 Å². The van der Waals surface area contributed by atoms with Crippen LogP contribution in [0.2, 0.25) is 0 Å². The van der Waals surface area contributed by atoms with Crippen LogP contribution in [0.1, 0.15) is 24.9 Å². The van der Waals surface area contributed by atoms with Gasteiger partial charge >= 0.3 is 0 Å². The molecule has 1 saturated carbocycles. The highest BCUT2D eigenvalue weighted by molar-refractivity contribution is 6.53. The molecule has 3 nitrogen and oxygen atoms in total. The minimum Gasteiger partial charge on any atom is -0.394 e. The summed E-state index contributed by atoms with van der Waals surface area (Å²) in [5.41, 5.74) is 0.0885. The molecule has 1 unspecified atom stereocenters. The van der Waals surface area contributed by atoms with Gasteiger partial charge in [0, 0.05) is 0 Å². The van der Waals surface area contributed by atoms with Gasteiger partial charge in [-0.05, 0) is 18.9 Å². The summed E-state index contributed by atoms with van der Waals surface area (Å²) in [6, 6.07) is 8.87. The van der Waals surface area contributed by atoms with Crippen LogP contribution in [0.15, 0.2) is 30.3 Å². The Balaban J connectivity index is 2.07. The number of benzene rings is 1. The van der Waals surface area contributed by atoms with E-state index in [0.717, 1.165) is 5.56 Å². The van der Waals surface area contributed by atoms with Gasteiger partial charge in [-0.15, -0.1) is 23.2 Å². The van der Waals surface area contributed by atoms with Gasteiger partial charge in [0.25, 0.3) is 0 Å². The van der Waals surface area contributed by atoms with E-state index in [4.69, 9.17) is 23.2 Å². The Morgan fingerprint density at radius 2 is 2.00 bits per heavy atom. The lowest BCUT2D eigenvalue weighted by Crippen LogP contribution is -2.37. The highest BCUT2D eigenvalue weighted by Gasteiger charge is 2.68. The van der Waals surface area contributed by atoms with E-state index in [1.807, 2.05) is 30.3 Å². The molecular weight excluding hydrogens is 273 g/mol. The van der Waals surface area contributed by atoms with Crippen LogP contribution >= 0.6 is 23.2 Å². The number of amides is 1. The summed E-state index contributed by atoms with van der Waals surface area (Å²) in [5.74, 6) is -0.226. The van der Waals surface area contributed by atoms with Crippen LogP contribution in [-0.2, 0) is 4.79 Å². The number of carbonyl (C=O) groups excluding carboxylic acids is 1. The van der Waals surface area contributed by atoms with Crippen molar-refractivity contribution in [2.24, 2.45) is 5.41 Å². The average Bonchev–Trinajstić information content (AvgIpc) is 2.88. The van der Waals surface area contributed by atoms with E-state index in [0.29, 0.717) is 6.42 Å². The topological polar surface area (TPSA) is 49.3 Å². The number of carbonyl (C=O) groups is 1. The summed E-state index contributed by atoms with van der Waals surface area (Å²) in [6.07, 6.45) is 0.432. The lowest BCUT2D eigenvalue weighted by Gasteiger charge is -2.20. The molecule has 0 bridgehead atoms. The first-order chi connectivity index (χ1) is 8.40. The molecule has 98 valence electrons. The van der Waals surface area contributed by atoms with Crippen LogP contribution in [-0.4, -0.2) is 22.0 Å². The molecular formula is C13H15Cl2NO2. The fourth-order valence-corrected chi connectivity index (χ4v) is 2.59. The minimum absolute atomic E-state index is 0.163. The molecule has 5 heteroatoms. The summed E-state index contributed by atoms with van der Waals surface area (Å²) in [5, 5.41) is 12.1. The number of halogens is 2. The molecule has 0 aliphatic heterocycles. The fraction of sp³-hybridized carbons (Fsp3) is 0.462. The molecule has 1 aliphatic rings. The summed E-state index contributed by atoms with van der Waals surface area (Å²) in [6.45, 7) is 1.56. The van der Waals surface area contributed by atoms with Crippen molar-refractivity contribution in [1.29, 1.82) is 0 Å². The van der Waals surface area contributed by atoms with Crippen molar-refractivity contribution in [3.63, 3.8) is 0 Å². The summed E-state index contributed by atoms with van der Waals surface area (Å²) < 4.78 is -0.992. The van der Waals surface area contributed by atoms with E-state index >= 15 is 0 Å². The highest BCUT2D eigenvalue weighted by atomic mass is 35.5. The normalized spacial score (nSPS) is 26.4. The summed E-state index contributed by atoms with van der Waals surface area (Å²) in [4.78, 5) is 12.1. The molecule has 1 aromatic rings. The third-order valence-corrected chi connectivity index (χ3v) is 4.55. The Kier molecular flexibility index (Phi) is 3.58. The Labute approximate surface area is 116 Å². The molecule has 1 aromatic carbocycles. The molecule has 1 fully saturated rings. The molecule has 1 aliphatic carbocycles. The zero-order valence-corrected chi connectivity index (χ0v) is 11.5. The summed E-state index contributed by atoms with van der Waals surface area (Å²) in [7, 11) is 0. The van der Waals surface area contributed by atoms with Gasteiger partial charge in [-0.3, -0.25) is 4.79 Å². The Morgan fingerprint density at radius 1 is 1.44 bits per heavy atom. The second kappa shape index (κ2) is 4.72. The Bertz CT molecular complexity index is 450. The zero-order chi connectivity index (χ0) is 13.4. The molecule has 0 aromatic heterocycles. The predicted molar refractivity (Wildman–Crippen MR) is 71.6 cm³/mol. The third kappa shape index (κ3) is 2.35. The monoisotopic (exact) mass is 287 g/mol. The fourth-order valence-electron chi connectivity index (χ4n) is 1.88. The van der Waals surface area contributed by atoms with Crippen LogP contribution in [0, 0.1) is 5.41 Å². The van der Waals surface area contributed by atoms with Crippen molar-refractivity contribution in [3.8, 4) is 0 Å². The second-order valence-corrected chi connectivity index (χ2v) is 6.32. The van der Waals surface area contributed by atoms with E-state index in [2.05, 4.69) is 5.32 Å². The van der Waals surface area contributed by atoms with Crippen LogP contribution in [0.5, 0.6) is 0 Å². The van der Waals surface area contributed by atoms with Crippen molar-refractivity contribution in [2.75, 3.05) is 6.61 Å². The van der Waals surface area contributed by atoms with Crippen LogP contribution in [0.3, 0.4) is 0 Å². The molecule has 18 heavy (non-hydrogen) atoms. The van der Waals surface area contributed by atoms with E-state index in [1.165, 1.54) is 0 Å². The molecule has 2 N–H and O–H groups in total. The standard InChI is InChI=1S/C13H15Cl2NO2/c1-12(8-13(12,14)15)11(18)16-10(7-17)9-5-3-2-4-6-9/h2-6,10,17H,7-8H2,1H3,(H,16,18)/t10-,12?/m1/s1. The Hall–Kier alpha value is -0.770. The third-order valence-electron chi connectivity index (χ3n) is 3.45. The maximum atomic E-state index is 12.1. The first-order valence-electron chi connectivity index (χ1n) is 5.75. The number of hydrogen-bond acceptors (Lipinski definition) is 2. The molecule has 0 spiro atoms. The number of hydrogen-bond donors (Lipinski definition) is 2. The number of aliphatic hydroxyl groups excluding tert-OH is 1. The highest BCUT2D eigenvalue weighted by Crippen LogP contribution is 2.63. The van der Waals surface area contributed by atoms with Gasteiger partial charge in [-0.1, -0.05) is 30.3 Å². The maximum Gasteiger partial charge on any atom is 0.229 e. The quantitative estimate of drug-likeness (QED) is 0.836. The first kappa shape index (κ1) is 13.7. The van der Waals surface area contributed by atoms with Crippen LogP contribution < -0.4 is 5.32 Å². The van der Waals surface area contributed by atoms with Gasteiger partial charge < -0.3 is 10.4 Å². The van der Waals surface area contributed by atoms with Gasteiger partial charge in [-0.2, -0.15) is 0 Å². The number of alkyl halides is 2. The minimum atomic E-state index is -0.992. The molecule has 0 radical (unpaired) electrons. The van der Waals surface area contributed by atoms with Crippen molar-refractivity contribution < 1.29 is 9.90 Å². The van der Waals surface area contributed by atoms with E-state index in [-0.39, 0.29) is 12.5 Å². The van der Waals surface area contributed by atoms with Crippen molar-refractivity contribution in [2.45, 2.75) is 23.7 Å². The summed E-state index contributed by atoms with van der Waals surface area (Å²) >= 11 is 11.9. The van der Waals surface area contributed by atoms with E-state index in [1.54, 1.807) is 6.92 Å². The smallest absolute Gasteiger partial charge is 0.229 e. The van der Waals surface area contributed by atoms with Gasteiger partial charge in [0.05, 0.1) is 18.1 Å². The van der Waals surface area contributed by atoms with Gasteiger partial charge in [0.2, 0.25) is 5.91 Å². The lowest BCUT2D eigenvalue weighted by atomic mass is 10.0. The average molecular weight is 288 g/mol. The lowest BCUT2D eigenvalue weighted by molar-refractivity contribution is -0.126. The maximum absolute atomic E-state index is 12.1. The molecule has 0 saturated heterocycles. The van der Waals surface area contributed by atoms with Crippen molar-refractivity contribution in [1.82, 2.24) is 5.32 Å². The van der Waals surface area contributed by atoms with E-state index in [9.17, 15) is 9.90 Å². The van der Waals surface area contributed by atoms with Gasteiger partial charge in [0.15, 0.2) is 0 Å². The Morgan fingerprint density at radius 3 is 2.44 bits per heavy atom. The number of nitrogens with one attached hydrogen (secondary N) is 1. The largest absolute Gasteiger partial charge is 0.394 e. The second-order valence-electron chi connectivity index (χ2n) is 4.83.